The molecular weight excluding hydrogens is 693 g/mol. The zero-order chi connectivity index (χ0) is 39.3. The van der Waals surface area contributed by atoms with Crippen molar-refractivity contribution in [2.45, 2.75) is 116 Å². The summed E-state index contributed by atoms with van der Waals surface area (Å²) in [5.41, 5.74) is 1.15. The predicted octanol–water partition coefficient (Wildman–Crippen LogP) is 11.3. The first-order valence-electron chi connectivity index (χ1n) is 20.2. The summed E-state index contributed by atoms with van der Waals surface area (Å²) in [6, 6.07) is 26.2. The molecule has 0 radical (unpaired) electrons. The Balaban J connectivity index is 1.35. The summed E-state index contributed by atoms with van der Waals surface area (Å²) in [7, 11) is 0. The number of phenols is 2. The first-order valence-corrected chi connectivity index (χ1v) is 20.2. The molecule has 0 saturated carbocycles. The number of aromatic hydroxyl groups is 2. The Morgan fingerprint density at radius 3 is 1.44 bits per heavy atom. The van der Waals surface area contributed by atoms with Gasteiger partial charge < -0.3 is 24.8 Å². The topological polar surface area (TPSA) is 130 Å². The summed E-state index contributed by atoms with van der Waals surface area (Å²) in [5, 5.41) is 31.8. The number of hydrogen-bond acceptors (Lipinski definition) is 7. The summed E-state index contributed by atoms with van der Waals surface area (Å²) < 4.78 is 12.2. The molecule has 2 unspecified atom stereocenters. The van der Waals surface area contributed by atoms with Crippen molar-refractivity contribution < 1.29 is 39.2 Å². The van der Waals surface area contributed by atoms with Crippen LogP contribution in [0, 0.1) is 5.92 Å². The van der Waals surface area contributed by atoms with Crippen molar-refractivity contribution in [1.29, 1.82) is 0 Å². The van der Waals surface area contributed by atoms with Gasteiger partial charge in [0.25, 0.3) is 0 Å². The first-order chi connectivity index (χ1) is 26.8. The van der Waals surface area contributed by atoms with E-state index < -0.39 is 18.0 Å². The fraction of sp³-hybridized carbons (Fsp3) is 0.426. The van der Waals surface area contributed by atoms with Crippen LogP contribution in [0.1, 0.15) is 141 Å². The molecule has 0 spiro atoms. The van der Waals surface area contributed by atoms with Crippen molar-refractivity contribution in [2.75, 3.05) is 6.61 Å². The molecule has 0 fully saturated rings. The molecular formula is C47H58O8. The maximum Gasteiger partial charge on any atom is 0.310 e. The van der Waals surface area contributed by atoms with E-state index in [4.69, 9.17) is 9.47 Å². The molecule has 294 valence electrons. The molecule has 3 N–H and O–H groups in total. The van der Waals surface area contributed by atoms with Gasteiger partial charge in [0.15, 0.2) is 11.6 Å². The van der Waals surface area contributed by atoms with Crippen molar-refractivity contribution in [1.82, 2.24) is 0 Å². The van der Waals surface area contributed by atoms with Gasteiger partial charge in [-0.05, 0) is 30.7 Å². The summed E-state index contributed by atoms with van der Waals surface area (Å²) in [4.78, 5) is 38.6. The summed E-state index contributed by atoms with van der Waals surface area (Å²) in [6.07, 6.45) is 16.7. The number of rotatable bonds is 27. The van der Waals surface area contributed by atoms with Crippen LogP contribution in [0.25, 0.3) is 0 Å². The second-order valence-corrected chi connectivity index (χ2v) is 14.4. The highest BCUT2D eigenvalue weighted by Gasteiger charge is 2.30. The minimum absolute atomic E-state index is 0.0646. The Morgan fingerprint density at radius 2 is 0.982 bits per heavy atom. The second-order valence-electron chi connectivity index (χ2n) is 14.4. The number of ether oxygens (including phenoxy) is 2. The molecule has 0 aliphatic rings. The van der Waals surface area contributed by atoms with Crippen molar-refractivity contribution in [3.8, 4) is 23.0 Å². The number of unbranched alkanes of at least 4 members (excludes halogenated alkanes) is 13. The maximum atomic E-state index is 13.0. The number of carbonyl (C=O) groups is 3. The van der Waals surface area contributed by atoms with E-state index in [1.165, 1.54) is 88.5 Å². The van der Waals surface area contributed by atoms with Gasteiger partial charge in [0, 0.05) is 29.7 Å². The van der Waals surface area contributed by atoms with Crippen LogP contribution in [0.15, 0.2) is 97.1 Å². The van der Waals surface area contributed by atoms with Crippen LogP contribution in [0.5, 0.6) is 23.0 Å². The SMILES string of the molecule is CCCCCCCCCCCCCCCCC(C(=O)O)C(CCOc1ccc(C(=O)c2ccccc2)c(O)c1)Oc1ccc(C(=O)c2ccccc2)c(O)c1. The van der Waals surface area contributed by atoms with Gasteiger partial charge in [0.1, 0.15) is 29.1 Å². The molecule has 55 heavy (non-hydrogen) atoms. The number of aliphatic carboxylic acids is 1. The van der Waals surface area contributed by atoms with Gasteiger partial charge in [-0.2, -0.15) is 0 Å². The lowest BCUT2D eigenvalue weighted by atomic mass is 9.93. The van der Waals surface area contributed by atoms with Gasteiger partial charge in [0.2, 0.25) is 0 Å². The van der Waals surface area contributed by atoms with E-state index in [1.807, 2.05) is 6.07 Å². The van der Waals surface area contributed by atoms with Gasteiger partial charge in [-0.1, -0.05) is 157 Å². The molecule has 0 amide bonds. The van der Waals surface area contributed by atoms with Crippen LogP contribution in [-0.4, -0.2) is 45.6 Å². The average Bonchev–Trinajstić information content (AvgIpc) is 3.19. The molecule has 8 nitrogen and oxygen atoms in total. The summed E-state index contributed by atoms with van der Waals surface area (Å²) >= 11 is 0. The molecule has 0 saturated heterocycles. The van der Waals surface area contributed by atoms with Crippen LogP contribution < -0.4 is 9.47 Å². The largest absolute Gasteiger partial charge is 0.507 e. The maximum absolute atomic E-state index is 13.0. The molecule has 2 atom stereocenters. The van der Waals surface area contributed by atoms with Gasteiger partial charge in [0.05, 0.1) is 23.7 Å². The van der Waals surface area contributed by atoms with Crippen molar-refractivity contribution >= 4 is 17.5 Å². The van der Waals surface area contributed by atoms with Gasteiger partial charge in [-0.3, -0.25) is 14.4 Å². The smallest absolute Gasteiger partial charge is 0.310 e. The predicted molar refractivity (Wildman–Crippen MR) is 217 cm³/mol. The average molecular weight is 751 g/mol. The van der Waals surface area contributed by atoms with E-state index in [0.29, 0.717) is 23.3 Å². The van der Waals surface area contributed by atoms with E-state index >= 15 is 0 Å². The quantitative estimate of drug-likeness (QED) is 0.0405. The molecule has 0 aliphatic carbocycles. The van der Waals surface area contributed by atoms with E-state index in [9.17, 15) is 29.7 Å². The Labute approximate surface area is 326 Å². The van der Waals surface area contributed by atoms with Crippen LogP contribution in [0.4, 0.5) is 0 Å². The first kappa shape index (κ1) is 42.6. The van der Waals surface area contributed by atoms with Crippen molar-refractivity contribution in [3.05, 3.63) is 119 Å². The zero-order valence-corrected chi connectivity index (χ0v) is 32.3. The lowest BCUT2D eigenvalue weighted by Gasteiger charge is -2.26. The molecule has 0 heterocycles. The minimum atomic E-state index is -0.985. The lowest BCUT2D eigenvalue weighted by molar-refractivity contribution is -0.145. The number of phenolic OH excluding ortho intramolecular Hbond substituents is 2. The lowest BCUT2D eigenvalue weighted by Crippen LogP contribution is -2.34. The summed E-state index contributed by atoms with van der Waals surface area (Å²) in [6.45, 7) is 2.31. The van der Waals surface area contributed by atoms with Crippen molar-refractivity contribution in [2.24, 2.45) is 5.92 Å². The number of hydrogen-bond donors (Lipinski definition) is 3. The highest BCUT2D eigenvalue weighted by Crippen LogP contribution is 2.31. The second kappa shape index (κ2) is 23.6. The summed E-state index contributed by atoms with van der Waals surface area (Å²) in [5.74, 6) is -2.42. The number of carbonyl (C=O) groups excluding carboxylic acids is 2. The van der Waals surface area contributed by atoms with Crippen LogP contribution in [0.3, 0.4) is 0 Å². The number of ketones is 2. The fourth-order valence-corrected chi connectivity index (χ4v) is 6.90. The van der Waals surface area contributed by atoms with Gasteiger partial charge in [-0.15, -0.1) is 0 Å². The third-order valence-electron chi connectivity index (χ3n) is 10.1. The molecule has 4 aromatic carbocycles. The fourth-order valence-electron chi connectivity index (χ4n) is 6.90. The third-order valence-corrected chi connectivity index (χ3v) is 10.1. The Hall–Kier alpha value is -5.11. The highest BCUT2D eigenvalue weighted by molar-refractivity contribution is 6.11. The highest BCUT2D eigenvalue weighted by atomic mass is 16.5. The molecule has 4 aromatic rings. The van der Waals surface area contributed by atoms with Gasteiger partial charge in [-0.25, -0.2) is 0 Å². The van der Waals surface area contributed by atoms with Crippen LogP contribution >= 0.6 is 0 Å². The Kier molecular flexibility index (Phi) is 18.3. The zero-order valence-electron chi connectivity index (χ0n) is 32.3. The molecule has 0 bridgehead atoms. The standard InChI is InChI=1S/C47H58O8/c1-2-3-4-5-6-7-8-9-10-11-12-13-14-21-26-41(47(52)53)44(55-38-28-30-40(43(49)34-38)46(51)36-24-19-16-20-25-36)31-32-54-37-27-29-39(42(48)33-37)45(50)35-22-17-15-18-23-35/h15-20,22-25,27-30,33-34,41,44,48-49H,2-14,21,26,31-32H2,1H3,(H,52,53). The van der Waals surface area contributed by atoms with Crippen LogP contribution in [0.2, 0.25) is 0 Å². The number of carboxylic acid groups (broad SMARTS) is 1. The van der Waals surface area contributed by atoms with E-state index in [0.717, 1.165) is 25.7 Å². The molecule has 0 aliphatic heterocycles. The minimum Gasteiger partial charge on any atom is -0.507 e. The van der Waals surface area contributed by atoms with E-state index in [-0.39, 0.29) is 53.0 Å². The number of benzene rings is 4. The van der Waals surface area contributed by atoms with Crippen molar-refractivity contribution in [3.63, 3.8) is 0 Å². The third kappa shape index (κ3) is 14.2. The monoisotopic (exact) mass is 750 g/mol. The normalized spacial score (nSPS) is 12.2. The molecule has 8 heteroatoms. The van der Waals surface area contributed by atoms with E-state index in [2.05, 4.69) is 6.92 Å². The number of carboxylic acids is 1. The molecule has 0 aromatic heterocycles. The molecule has 4 rings (SSSR count). The Morgan fingerprint density at radius 1 is 0.545 bits per heavy atom. The van der Waals surface area contributed by atoms with E-state index in [1.54, 1.807) is 66.7 Å². The van der Waals surface area contributed by atoms with Crippen LogP contribution in [-0.2, 0) is 4.79 Å². The Bertz CT molecular complexity index is 1750. The van der Waals surface area contributed by atoms with Gasteiger partial charge >= 0.3 is 5.97 Å².